The molecule has 1 saturated carbocycles. The fourth-order valence-corrected chi connectivity index (χ4v) is 9.67. The number of hydrogen-bond donors (Lipinski definition) is 2. The molecule has 0 radical (unpaired) electrons. The maximum atomic E-state index is 13.4. The van der Waals surface area contributed by atoms with E-state index in [1.165, 1.54) is 24.8 Å². The Morgan fingerprint density at radius 2 is 1.63 bits per heavy atom. The van der Waals surface area contributed by atoms with Gasteiger partial charge in [-0.2, -0.15) is 0 Å². The summed E-state index contributed by atoms with van der Waals surface area (Å²) < 4.78 is 0. The van der Waals surface area contributed by atoms with Crippen molar-refractivity contribution in [2.24, 2.45) is 0 Å². The summed E-state index contributed by atoms with van der Waals surface area (Å²) >= 11 is 0. The highest BCUT2D eigenvalue weighted by Gasteiger charge is 2.55. The van der Waals surface area contributed by atoms with Crippen LogP contribution in [0.3, 0.4) is 0 Å². The molecule has 3 aromatic carbocycles. The van der Waals surface area contributed by atoms with Crippen LogP contribution in [0.25, 0.3) is 32.9 Å². The number of carboxylic acid groups (broad SMARTS) is 1. The van der Waals surface area contributed by atoms with E-state index in [1.54, 1.807) is 6.20 Å². The van der Waals surface area contributed by atoms with Crippen molar-refractivity contribution in [1.29, 1.82) is 0 Å². The average molecular weight is 727 g/mol. The number of carboxylic acids is 1. The van der Waals surface area contributed by atoms with Crippen molar-refractivity contribution >= 4 is 44.8 Å². The van der Waals surface area contributed by atoms with Crippen LogP contribution in [0.5, 0.6) is 0 Å². The largest absolute Gasteiger partial charge is 0.478 e. The van der Waals surface area contributed by atoms with Gasteiger partial charge in [0.15, 0.2) is 0 Å². The van der Waals surface area contributed by atoms with Gasteiger partial charge in [-0.25, -0.2) is 4.79 Å². The second-order valence-corrected chi connectivity index (χ2v) is 15.6. The predicted molar refractivity (Wildman–Crippen MR) is 224 cm³/mol. The number of anilines is 3. The van der Waals surface area contributed by atoms with Crippen LogP contribution in [0.15, 0.2) is 66.9 Å². The van der Waals surface area contributed by atoms with E-state index in [-0.39, 0.29) is 11.6 Å². The molecule has 1 aliphatic heterocycles. The van der Waals surface area contributed by atoms with E-state index in [0.29, 0.717) is 11.3 Å². The number of pyridine rings is 2. The molecular formula is C46H58N6O2. The quantitative estimate of drug-likeness (QED) is 0.109. The molecule has 284 valence electrons. The Morgan fingerprint density at radius 1 is 0.889 bits per heavy atom. The topological polar surface area (TPSA) is 98.8 Å². The Balaban J connectivity index is 1.49. The third-order valence-electron chi connectivity index (χ3n) is 11.9. The summed E-state index contributed by atoms with van der Waals surface area (Å²) in [5, 5.41) is 13.1. The second-order valence-electron chi connectivity index (χ2n) is 15.6. The van der Waals surface area contributed by atoms with Crippen LogP contribution in [0.4, 0.5) is 17.1 Å². The molecular weight excluding hydrogens is 669 g/mol. The molecule has 0 spiro atoms. The fourth-order valence-electron chi connectivity index (χ4n) is 9.67. The molecule has 8 heteroatoms. The summed E-state index contributed by atoms with van der Waals surface area (Å²) in [5.74, 6) is -0.957. The Bertz CT molecular complexity index is 2140. The molecule has 3 N–H and O–H groups in total. The standard InChI is InChI=1S/C46H58N6O2/c1-6-23-46(35-19-22-39-33(29-35)17-20-36(49-39)30-50(25-7-2)26-8-3)51(27-9-4)43-41(34-18-21-38-32(28-34)14-13-24-48-38)40(45(53)54)31(5)42(47)44(43)52(46)37-15-11-10-12-16-37/h13-14,17-22,24,28-29,37H,6-12,15-16,23,25-27,30,47H2,1-5H3,(H,53,54). The molecule has 7 rings (SSSR count). The SMILES string of the molecule is CCCN(CCC)Cc1ccc2cc(C3(CCC)N(CCC)c4c(-c5ccc6ncccc6c5)c(C(=O)O)c(C)c(N)c4N3C3CCCCC3)ccc2n1. The maximum Gasteiger partial charge on any atom is 0.336 e. The zero-order valence-corrected chi connectivity index (χ0v) is 33.0. The van der Waals surface area contributed by atoms with Crippen LogP contribution in [-0.4, -0.2) is 51.6 Å². The van der Waals surface area contributed by atoms with Gasteiger partial charge in [-0.1, -0.05) is 77.6 Å². The predicted octanol–water partition coefficient (Wildman–Crippen LogP) is 10.7. The first-order valence-electron chi connectivity index (χ1n) is 20.5. The molecule has 0 amide bonds. The smallest absolute Gasteiger partial charge is 0.336 e. The van der Waals surface area contributed by atoms with Gasteiger partial charge in [0, 0.05) is 41.7 Å². The first-order valence-corrected chi connectivity index (χ1v) is 20.5. The van der Waals surface area contributed by atoms with Crippen molar-refractivity contribution in [3.05, 3.63) is 89.2 Å². The summed E-state index contributed by atoms with van der Waals surface area (Å²) in [4.78, 5) is 31.0. The Morgan fingerprint density at radius 3 is 2.33 bits per heavy atom. The van der Waals surface area contributed by atoms with Crippen LogP contribution in [0.2, 0.25) is 0 Å². The van der Waals surface area contributed by atoms with E-state index in [0.717, 1.165) is 121 Å². The van der Waals surface area contributed by atoms with Crippen molar-refractivity contribution < 1.29 is 9.90 Å². The number of hydrogen-bond acceptors (Lipinski definition) is 7. The molecule has 2 aromatic heterocycles. The van der Waals surface area contributed by atoms with Gasteiger partial charge >= 0.3 is 5.97 Å². The van der Waals surface area contributed by atoms with Crippen molar-refractivity contribution in [3.63, 3.8) is 0 Å². The lowest BCUT2D eigenvalue weighted by Gasteiger charge is -2.51. The van der Waals surface area contributed by atoms with Gasteiger partial charge in [-0.15, -0.1) is 0 Å². The number of fused-ring (bicyclic) bond motifs is 3. The highest BCUT2D eigenvalue weighted by atomic mass is 16.4. The molecule has 1 atom stereocenters. The minimum absolute atomic E-state index is 0.260. The van der Waals surface area contributed by atoms with Gasteiger partial charge in [-0.05, 0) is 112 Å². The summed E-state index contributed by atoms with van der Waals surface area (Å²) in [5.41, 5.74) is 16.0. The van der Waals surface area contributed by atoms with E-state index < -0.39 is 11.6 Å². The van der Waals surface area contributed by atoms with E-state index in [9.17, 15) is 9.90 Å². The van der Waals surface area contributed by atoms with Crippen molar-refractivity contribution in [1.82, 2.24) is 14.9 Å². The number of rotatable bonds is 14. The van der Waals surface area contributed by atoms with Gasteiger partial charge in [0.2, 0.25) is 0 Å². The molecule has 1 aliphatic carbocycles. The van der Waals surface area contributed by atoms with Crippen molar-refractivity contribution in [3.8, 4) is 11.1 Å². The molecule has 8 nitrogen and oxygen atoms in total. The number of benzene rings is 3. The summed E-state index contributed by atoms with van der Waals surface area (Å²) in [6, 6.07) is 21.8. The molecule has 1 unspecified atom stereocenters. The molecule has 0 bridgehead atoms. The summed E-state index contributed by atoms with van der Waals surface area (Å²) in [6.07, 6.45) is 12.5. The highest BCUT2D eigenvalue weighted by Crippen LogP contribution is 2.61. The summed E-state index contributed by atoms with van der Waals surface area (Å²) in [6.45, 7) is 14.6. The second kappa shape index (κ2) is 16.0. The molecule has 3 heterocycles. The van der Waals surface area contributed by atoms with E-state index in [4.69, 9.17) is 10.7 Å². The normalized spacial score (nSPS) is 17.6. The van der Waals surface area contributed by atoms with Gasteiger partial charge in [-0.3, -0.25) is 14.9 Å². The Kier molecular flexibility index (Phi) is 11.1. The first-order chi connectivity index (χ1) is 26.3. The lowest BCUT2D eigenvalue weighted by Crippen LogP contribution is -2.58. The monoisotopic (exact) mass is 726 g/mol. The number of carbonyl (C=O) groups is 1. The minimum Gasteiger partial charge on any atom is -0.478 e. The molecule has 0 saturated heterocycles. The van der Waals surface area contributed by atoms with Crippen LogP contribution in [-0.2, 0) is 12.2 Å². The van der Waals surface area contributed by atoms with Crippen molar-refractivity contribution in [2.45, 2.75) is 117 Å². The first kappa shape index (κ1) is 37.6. The van der Waals surface area contributed by atoms with E-state index in [1.807, 2.05) is 25.1 Å². The third-order valence-corrected chi connectivity index (χ3v) is 11.9. The van der Waals surface area contributed by atoms with Crippen LogP contribution < -0.4 is 15.5 Å². The number of nitrogens with zero attached hydrogens (tertiary/aromatic N) is 5. The van der Waals surface area contributed by atoms with Crippen LogP contribution in [0, 0.1) is 6.92 Å². The van der Waals surface area contributed by atoms with E-state index in [2.05, 4.69) is 89.8 Å². The zero-order chi connectivity index (χ0) is 38.0. The molecule has 54 heavy (non-hydrogen) atoms. The average Bonchev–Trinajstić information content (AvgIpc) is 3.46. The third kappa shape index (κ3) is 6.57. The van der Waals surface area contributed by atoms with Gasteiger partial charge < -0.3 is 20.6 Å². The van der Waals surface area contributed by atoms with Crippen molar-refractivity contribution in [2.75, 3.05) is 35.2 Å². The maximum absolute atomic E-state index is 13.4. The van der Waals surface area contributed by atoms with E-state index >= 15 is 0 Å². The number of aromatic carboxylic acids is 1. The highest BCUT2D eigenvalue weighted by molar-refractivity contribution is 6.11. The molecule has 2 aliphatic rings. The van der Waals surface area contributed by atoms with Gasteiger partial charge in [0.1, 0.15) is 5.66 Å². The summed E-state index contributed by atoms with van der Waals surface area (Å²) in [7, 11) is 0. The Hall–Kier alpha value is -4.69. The number of nitrogen functional groups attached to an aromatic ring is 1. The lowest BCUT2D eigenvalue weighted by atomic mass is 9.86. The number of nitrogens with two attached hydrogens (primary N) is 1. The zero-order valence-electron chi connectivity index (χ0n) is 33.0. The van der Waals surface area contributed by atoms with Gasteiger partial charge in [0.25, 0.3) is 0 Å². The Labute approximate surface area is 321 Å². The van der Waals surface area contributed by atoms with Crippen LogP contribution in [0.1, 0.15) is 119 Å². The number of aromatic nitrogens is 2. The van der Waals surface area contributed by atoms with Gasteiger partial charge in [0.05, 0.1) is 39.4 Å². The minimum atomic E-state index is -0.957. The molecule has 1 fully saturated rings. The lowest BCUT2D eigenvalue weighted by molar-refractivity contribution is 0.0697. The van der Waals surface area contributed by atoms with Crippen LogP contribution >= 0.6 is 0 Å². The fraction of sp³-hybridized carbons (Fsp3) is 0.457. The molecule has 5 aromatic rings.